The molecule has 1 heterocycles. The van der Waals surface area contributed by atoms with E-state index in [1.807, 2.05) is 0 Å². The van der Waals surface area contributed by atoms with Crippen LogP contribution in [0.1, 0.15) is 13.3 Å². The topological polar surface area (TPSA) is 9.23 Å². The molecule has 0 radical (unpaired) electrons. The van der Waals surface area contributed by atoms with Crippen molar-refractivity contribution in [3.63, 3.8) is 0 Å². The molecule has 0 spiro atoms. The van der Waals surface area contributed by atoms with Crippen LogP contribution in [0.4, 0.5) is 0 Å². The third-order valence-electron chi connectivity index (χ3n) is 1.16. The standard InChI is InChI=1S/C6H10OS2/c1-6(9-8-2)4-3-5-7-6/h3,5H,4H2,1-2H3. The van der Waals surface area contributed by atoms with Crippen molar-refractivity contribution < 1.29 is 4.74 Å². The highest BCUT2D eigenvalue weighted by atomic mass is 33.1. The molecule has 0 amide bonds. The Morgan fingerprint density at radius 1 is 1.67 bits per heavy atom. The molecule has 3 heteroatoms. The Hall–Kier alpha value is 0.240. The minimum atomic E-state index is 0.0133. The van der Waals surface area contributed by atoms with E-state index in [1.54, 1.807) is 27.8 Å². The SMILES string of the molecule is CSSC1(C)CC=CO1. The van der Waals surface area contributed by atoms with Gasteiger partial charge in [0.2, 0.25) is 0 Å². The summed E-state index contributed by atoms with van der Waals surface area (Å²) in [4.78, 5) is 0.0133. The van der Waals surface area contributed by atoms with Crippen LogP contribution >= 0.6 is 21.6 Å². The van der Waals surface area contributed by atoms with Crippen LogP contribution in [0.3, 0.4) is 0 Å². The first-order chi connectivity index (χ1) is 4.27. The summed E-state index contributed by atoms with van der Waals surface area (Å²) in [5.41, 5.74) is 0. The Morgan fingerprint density at radius 3 is 2.89 bits per heavy atom. The smallest absolute Gasteiger partial charge is 0.164 e. The average Bonchev–Trinajstić information content (AvgIpc) is 2.16. The molecule has 0 aromatic rings. The summed E-state index contributed by atoms with van der Waals surface area (Å²) in [6.45, 7) is 2.11. The van der Waals surface area contributed by atoms with Crippen molar-refractivity contribution in [1.29, 1.82) is 0 Å². The lowest BCUT2D eigenvalue weighted by Crippen LogP contribution is -2.15. The van der Waals surface area contributed by atoms with Crippen LogP contribution in [-0.2, 0) is 4.74 Å². The summed E-state index contributed by atoms with van der Waals surface area (Å²) >= 11 is 0. The highest BCUT2D eigenvalue weighted by Crippen LogP contribution is 2.40. The summed E-state index contributed by atoms with van der Waals surface area (Å²) in [7, 11) is 3.52. The third kappa shape index (κ3) is 1.83. The molecule has 0 aromatic carbocycles. The molecule has 1 rings (SSSR count). The molecule has 0 N–H and O–H groups in total. The number of rotatable bonds is 2. The van der Waals surface area contributed by atoms with Gasteiger partial charge in [-0.3, -0.25) is 0 Å². The van der Waals surface area contributed by atoms with Crippen LogP contribution in [-0.4, -0.2) is 11.2 Å². The molecule has 0 aromatic heterocycles. The third-order valence-corrected chi connectivity index (χ3v) is 3.50. The Morgan fingerprint density at radius 2 is 2.44 bits per heavy atom. The summed E-state index contributed by atoms with van der Waals surface area (Å²) in [5.74, 6) is 0. The second-order valence-corrected chi connectivity index (χ2v) is 4.94. The quantitative estimate of drug-likeness (QED) is 0.578. The molecule has 1 atom stereocenters. The van der Waals surface area contributed by atoms with Crippen LogP contribution in [0.5, 0.6) is 0 Å². The Bertz CT molecular complexity index is 114. The maximum absolute atomic E-state index is 5.34. The Kier molecular flexibility index (Phi) is 2.35. The zero-order valence-electron chi connectivity index (χ0n) is 5.59. The summed E-state index contributed by atoms with van der Waals surface area (Å²) < 4.78 is 5.34. The fourth-order valence-electron chi connectivity index (χ4n) is 0.732. The van der Waals surface area contributed by atoms with Crippen LogP contribution in [0, 0.1) is 0 Å². The van der Waals surface area contributed by atoms with Crippen LogP contribution < -0.4 is 0 Å². The van der Waals surface area contributed by atoms with Crippen molar-refractivity contribution in [3.05, 3.63) is 12.3 Å². The minimum absolute atomic E-state index is 0.0133. The summed E-state index contributed by atoms with van der Waals surface area (Å²) in [6, 6.07) is 0. The zero-order valence-corrected chi connectivity index (χ0v) is 7.22. The molecule has 1 unspecified atom stereocenters. The molecule has 52 valence electrons. The molecule has 0 bridgehead atoms. The monoisotopic (exact) mass is 162 g/mol. The number of hydrogen-bond donors (Lipinski definition) is 0. The summed E-state index contributed by atoms with van der Waals surface area (Å²) in [6.07, 6.45) is 6.93. The number of hydrogen-bond acceptors (Lipinski definition) is 3. The van der Waals surface area contributed by atoms with Crippen LogP contribution in [0.15, 0.2) is 12.3 Å². The first-order valence-corrected chi connectivity index (χ1v) is 5.37. The van der Waals surface area contributed by atoms with Crippen LogP contribution in [0.2, 0.25) is 0 Å². The van der Waals surface area contributed by atoms with Crippen molar-refractivity contribution in [2.45, 2.75) is 18.3 Å². The van der Waals surface area contributed by atoms with Gasteiger partial charge in [0.15, 0.2) is 4.93 Å². The fourth-order valence-corrected chi connectivity index (χ4v) is 2.72. The van der Waals surface area contributed by atoms with Gasteiger partial charge in [-0.25, -0.2) is 0 Å². The van der Waals surface area contributed by atoms with Gasteiger partial charge in [0.25, 0.3) is 0 Å². The molecule has 0 fully saturated rings. The Labute approximate surface area is 63.6 Å². The van der Waals surface area contributed by atoms with Gasteiger partial charge >= 0.3 is 0 Å². The molecule has 1 aliphatic heterocycles. The first kappa shape index (κ1) is 7.35. The lowest BCUT2D eigenvalue weighted by molar-refractivity contribution is 0.156. The average molecular weight is 162 g/mol. The van der Waals surface area contributed by atoms with E-state index in [2.05, 4.69) is 19.3 Å². The van der Waals surface area contributed by atoms with Gasteiger partial charge < -0.3 is 4.74 Å². The van der Waals surface area contributed by atoms with Crippen molar-refractivity contribution in [1.82, 2.24) is 0 Å². The Balaban J connectivity index is 2.36. The summed E-state index contributed by atoms with van der Waals surface area (Å²) in [5, 5.41) is 0. The molecule has 9 heavy (non-hydrogen) atoms. The van der Waals surface area contributed by atoms with E-state index in [1.165, 1.54) is 0 Å². The van der Waals surface area contributed by atoms with Crippen molar-refractivity contribution in [2.75, 3.05) is 6.26 Å². The first-order valence-electron chi connectivity index (χ1n) is 2.81. The highest BCUT2D eigenvalue weighted by molar-refractivity contribution is 8.76. The molecule has 1 nitrogen and oxygen atoms in total. The molecule has 0 aliphatic carbocycles. The zero-order chi connectivity index (χ0) is 6.74. The van der Waals surface area contributed by atoms with E-state index in [4.69, 9.17) is 4.74 Å². The predicted octanol–water partition coefficient (Wildman–Crippen LogP) is 2.65. The fraction of sp³-hybridized carbons (Fsp3) is 0.667. The van der Waals surface area contributed by atoms with Gasteiger partial charge in [0.05, 0.1) is 6.26 Å². The van der Waals surface area contributed by atoms with E-state index in [-0.39, 0.29) is 4.93 Å². The van der Waals surface area contributed by atoms with E-state index in [9.17, 15) is 0 Å². The second kappa shape index (κ2) is 2.88. The van der Waals surface area contributed by atoms with E-state index >= 15 is 0 Å². The minimum Gasteiger partial charge on any atom is -0.484 e. The van der Waals surface area contributed by atoms with E-state index < -0.39 is 0 Å². The van der Waals surface area contributed by atoms with E-state index in [0.717, 1.165) is 6.42 Å². The largest absolute Gasteiger partial charge is 0.484 e. The normalized spacial score (nSPS) is 32.7. The van der Waals surface area contributed by atoms with Gasteiger partial charge in [-0.2, -0.15) is 0 Å². The van der Waals surface area contributed by atoms with Crippen molar-refractivity contribution in [3.8, 4) is 0 Å². The van der Waals surface area contributed by atoms with Gasteiger partial charge in [-0.1, -0.05) is 10.8 Å². The maximum Gasteiger partial charge on any atom is 0.164 e. The molecule has 0 saturated carbocycles. The van der Waals surface area contributed by atoms with Crippen molar-refractivity contribution >= 4 is 21.6 Å². The highest BCUT2D eigenvalue weighted by Gasteiger charge is 2.27. The lowest BCUT2D eigenvalue weighted by atomic mass is 10.3. The maximum atomic E-state index is 5.34. The van der Waals surface area contributed by atoms with Crippen LogP contribution in [0.25, 0.3) is 0 Å². The molecule has 1 aliphatic rings. The molecular weight excluding hydrogens is 152 g/mol. The molecule has 0 saturated heterocycles. The van der Waals surface area contributed by atoms with Gasteiger partial charge in [-0.15, -0.1) is 0 Å². The predicted molar refractivity (Wildman–Crippen MR) is 44.4 cm³/mol. The van der Waals surface area contributed by atoms with Gasteiger partial charge in [-0.05, 0) is 30.0 Å². The van der Waals surface area contributed by atoms with Crippen molar-refractivity contribution in [2.24, 2.45) is 0 Å². The molecular formula is C6H10OS2. The van der Waals surface area contributed by atoms with E-state index in [0.29, 0.717) is 0 Å². The van der Waals surface area contributed by atoms with Gasteiger partial charge in [0.1, 0.15) is 0 Å². The second-order valence-electron chi connectivity index (χ2n) is 2.08. The number of ether oxygens (including phenoxy) is 1. The lowest BCUT2D eigenvalue weighted by Gasteiger charge is -2.20. The van der Waals surface area contributed by atoms with Gasteiger partial charge in [0, 0.05) is 6.42 Å².